The van der Waals surface area contributed by atoms with E-state index in [0.717, 1.165) is 4.90 Å². The van der Waals surface area contributed by atoms with Crippen molar-refractivity contribution in [1.29, 1.82) is 0 Å². The van der Waals surface area contributed by atoms with Crippen molar-refractivity contribution in [3.05, 3.63) is 0 Å². The Morgan fingerprint density at radius 3 is 2.80 bits per heavy atom. The zero-order valence-electron chi connectivity index (χ0n) is 7.88. The van der Waals surface area contributed by atoms with Crippen LogP contribution in [0.4, 0.5) is 13.2 Å². The van der Waals surface area contributed by atoms with E-state index in [1.54, 1.807) is 0 Å². The van der Waals surface area contributed by atoms with Crippen LogP contribution in [0.5, 0.6) is 0 Å². The van der Waals surface area contributed by atoms with Gasteiger partial charge in [-0.3, -0.25) is 4.79 Å². The lowest BCUT2D eigenvalue weighted by atomic mass is 10.1. The first-order valence-corrected chi connectivity index (χ1v) is 4.70. The van der Waals surface area contributed by atoms with Gasteiger partial charge in [0.25, 0.3) is 0 Å². The van der Waals surface area contributed by atoms with Crippen molar-refractivity contribution < 1.29 is 22.7 Å². The molecule has 2 rings (SSSR count). The summed E-state index contributed by atoms with van der Waals surface area (Å²) in [4.78, 5) is 11.9. The van der Waals surface area contributed by atoms with E-state index in [1.165, 1.54) is 0 Å². The summed E-state index contributed by atoms with van der Waals surface area (Å²) in [7, 11) is 0. The number of fused-ring (bicyclic) bond motifs is 1. The third-order valence-corrected chi connectivity index (χ3v) is 2.70. The molecule has 0 radical (unpaired) electrons. The lowest BCUT2D eigenvalue weighted by Crippen LogP contribution is -2.56. The monoisotopic (exact) mass is 224 g/mol. The number of ether oxygens (including phenoxy) is 1. The van der Waals surface area contributed by atoms with Gasteiger partial charge in [-0.05, 0) is 0 Å². The molecule has 2 atom stereocenters. The van der Waals surface area contributed by atoms with Crippen molar-refractivity contribution in [1.82, 2.24) is 10.2 Å². The van der Waals surface area contributed by atoms with Crippen LogP contribution in [-0.4, -0.2) is 55.4 Å². The van der Waals surface area contributed by atoms with Gasteiger partial charge >= 0.3 is 12.1 Å². The first-order valence-electron chi connectivity index (χ1n) is 4.70. The summed E-state index contributed by atoms with van der Waals surface area (Å²) in [6, 6.07) is -0.479. The predicted octanol–water partition coefficient (Wildman–Crippen LogP) is -0.252. The summed E-state index contributed by atoms with van der Waals surface area (Å²) < 4.78 is 42.0. The van der Waals surface area contributed by atoms with Crippen molar-refractivity contribution in [3.8, 4) is 0 Å². The molecular formula is C8H11F3N2O2. The Labute approximate surface area is 84.4 Å². The molecule has 2 unspecified atom stereocenters. The van der Waals surface area contributed by atoms with E-state index >= 15 is 0 Å². The molecule has 4 nitrogen and oxygen atoms in total. The fourth-order valence-electron chi connectivity index (χ4n) is 2.01. The number of alkyl halides is 3. The van der Waals surface area contributed by atoms with E-state index in [-0.39, 0.29) is 19.3 Å². The average molecular weight is 224 g/mol. The minimum atomic E-state index is -4.79. The molecule has 0 spiro atoms. The van der Waals surface area contributed by atoms with Gasteiger partial charge in [-0.2, -0.15) is 13.2 Å². The lowest BCUT2D eigenvalue weighted by molar-refractivity contribution is -0.194. The largest absolute Gasteiger partial charge is 0.471 e. The van der Waals surface area contributed by atoms with Gasteiger partial charge in [0, 0.05) is 19.6 Å². The van der Waals surface area contributed by atoms with Crippen LogP contribution in [0.3, 0.4) is 0 Å². The first-order chi connectivity index (χ1) is 7.00. The van der Waals surface area contributed by atoms with Crippen molar-refractivity contribution in [2.75, 3.05) is 26.2 Å². The predicted molar refractivity (Wildman–Crippen MR) is 44.2 cm³/mol. The molecule has 2 saturated heterocycles. The minimum absolute atomic E-state index is 0.0151. The molecule has 15 heavy (non-hydrogen) atoms. The molecule has 86 valence electrons. The number of carbonyl (C=O) groups is 1. The number of amides is 1. The van der Waals surface area contributed by atoms with Crippen LogP contribution < -0.4 is 5.32 Å². The molecule has 7 heteroatoms. The molecule has 0 aromatic carbocycles. The quantitative estimate of drug-likeness (QED) is 0.616. The van der Waals surface area contributed by atoms with Gasteiger partial charge in [-0.25, -0.2) is 0 Å². The van der Waals surface area contributed by atoms with Crippen LogP contribution in [0.2, 0.25) is 0 Å². The summed E-state index contributed by atoms with van der Waals surface area (Å²) in [5.74, 6) is -1.76. The van der Waals surface area contributed by atoms with E-state index in [2.05, 4.69) is 5.32 Å². The summed E-state index contributed by atoms with van der Waals surface area (Å²) in [6.07, 6.45) is -5.09. The fourth-order valence-corrected chi connectivity index (χ4v) is 2.01. The van der Waals surface area contributed by atoms with Gasteiger partial charge in [0.05, 0.1) is 18.8 Å². The third kappa shape index (κ3) is 1.93. The Morgan fingerprint density at radius 2 is 2.13 bits per heavy atom. The van der Waals surface area contributed by atoms with Gasteiger partial charge in [0.1, 0.15) is 0 Å². The average Bonchev–Trinajstić information content (AvgIpc) is 2.62. The molecule has 1 amide bonds. The summed E-state index contributed by atoms with van der Waals surface area (Å²) in [5.41, 5.74) is 0. The van der Waals surface area contributed by atoms with Crippen LogP contribution in [0.1, 0.15) is 0 Å². The van der Waals surface area contributed by atoms with Crippen molar-refractivity contribution in [2.45, 2.75) is 18.3 Å². The molecule has 0 aromatic heterocycles. The second kappa shape index (κ2) is 3.64. The number of nitrogens with one attached hydrogen (secondary N) is 1. The van der Waals surface area contributed by atoms with Crippen LogP contribution in [0.15, 0.2) is 0 Å². The molecule has 0 aromatic rings. The fraction of sp³-hybridized carbons (Fsp3) is 0.875. The summed E-state index contributed by atoms with van der Waals surface area (Å²) >= 11 is 0. The van der Waals surface area contributed by atoms with Gasteiger partial charge in [0.2, 0.25) is 0 Å². The van der Waals surface area contributed by atoms with E-state index in [9.17, 15) is 18.0 Å². The second-order valence-corrected chi connectivity index (χ2v) is 3.63. The van der Waals surface area contributed by atoms with E-state index < -0.39 is 18.1 Å². The Hall–Kier alpha value is -0.820. The Morgan fingerprint density at radius 1 is 1.40 bits per heavy atom. The van der Waals surface area contributed by atoms with Gasteiger partial charge in [-0.1, -0.05) is 0 Å². The number of carbonyl (C=O) groups excluding carboxylic acids is 1. The van der Waals surface area contributed by atoms with E-state index in [0.29, 0.717) is 13.1 Å². The van der Waals surface area contributed by atoms with Gasteiger partial charge in [0.15, 0.2) is 0 Å². The molecule has 0 aliphatic carbocycles. The Balaban J connectivity index is 2.11. The van der Waals surface area contributed by atoms with Crippen molar-refractivity contribution in [2.24, 2.45) is 0 Å². The van der Waals surface area contributed by atoms with E-state index in [4.69, 9.17) is 4.74 Å². The molecule has 2 aliphatic heterocycles. The highest BCUT2D eigenvalue weighted by molar-refractivity contribution is 5.82. The summed E-state index contributed by atoms with van der Waals surface area (Å²) in [5, 5.41) is 2.91. The second-order valence-electron chi connectivity index (χ2n) is 3.63. The minimum Gasteiger partial charge on any atom is -0.373 e. The third-order valence-electron chi connectivity index (χ3n) is 2.70. The highest BCUT2D eigenvalue weighted by Crippen LogP contribution is 2.24. The topological polar surface area (TPSA) is 41.6 Å². The smallest absolute Gasteiger partial charge is 0.373 e. The zero-order valence-corrected chi connectivity index (χ0v) is 7.88. The standard InChI is InChI=1S/C8H11F3N2O2/c9-8(10,11)7(14)13-1-2-15-6-4-12-3-5(6)13/h5-6,12H,1-4H2. The van der Waals surface area contributed by atoms with Gasteiger partial charge < -0.3 is 15.0 Å². The van der Waals surface area contributed by atoms with Gasteiger partial charge in [-0.15, -0.1) is 0 Å². The number of rotatable bonds is 0. The Kier molecular flexibility index (Phi) is 2.59. The van der Waals surface area contributed by atoms with Crippen LogP contribution in [0, 0.1) is 0 Å². The van der Waals surface area contributed by atoms with E-state index in [1.807, 2.05) is 0 Å². The molecule has 1 N–H and O–H groups in total. The maximum atomic E-state index is 12.2. The van der Waals surface area contributed by atoms with Crippen molar-refractivity contribution >= 4 is 5.91 Å². The SMILES string of the molecule is O=C(N1CCOC2CNCC21)C(F)(F)F. The molecule has 0 bridgehead atoms. The van der Waals surface area contributed by atoms with Crippen LogP contribution in [-0.2, 0) is 9.53 Å². The van der Waals surface area contributed by atoms with Crippen LogP contribution >= 0.6 is 0 Å². The maximum Gasteiger partial charge on any atom is 0.471 e. The summed E-state index contributed by atoms with van der Waals surface area (Å²) in [6.45, 7) is 1.06. The number of halogens is 3. The molecule has 2 heterocycles. The zero-order chi connectivity index (χ0) is 11.1. The maximum absolute atomic E-state index is 12.2. The number of hydrogen-bond donors (Lipinski definition) is 1. The van der Waals surface area contributed by atoms with Crippen molar-refractivity contribution in [3.63, 3.8) is 0 Å². The number of morpholine rings is 1. The highest BCUT2D eigenvalue weighted by atomic mass is 19.4. The number of hydrogen-bond acceptors (Lipinski definition) is 3. The number of nitrogens with zero attached hydrogens (tertiary/aromatic N) is 1. The van der Waals surface area contributed by atoms with Crippen LogP contribution in [0.25, 0.3) is 0 Å². The normalized spacial score (nSPS) is 31.5. The Bertz CT molecular complexity index is 269. The first kappa shape index (κ1) is 10.7. The molecule has 2 fully saturated rings. The highest BCUT2D eigenvalue weighted by Gasteiger charge is 2.48. The molecule has 2 aliphatic rings. The molecular weight excluding hydrogens is 213 g/mol. The molecule has 0 saturated carbocycles. The lowest BCUT2D eigenvalue weighted by Gasteiger charge is -2.37.